The van der Waals surface area contributed by atoms with E-state index < -0.39 is 22.8 Å². The Morgan fingerprint density at radius 1 is 0.932 bits per heavy atom. The van der Waals surface area contributed by atoms with Crippen molar-refractivity contribution >= 4 is 16.8 Å². The molecular weight excluding hydrogens is 572 g/mol. The van der Waals surface area contributed by atoms with E-state index in [9.17, 15) is 14.0 Å². The van der Waals surface area contributed by atoms with Gasteiger partial charge in [0, 0.05) is 43.1 Å². The first-order valence-electron chi connectivity index (χ1n) is 13.5. The monoisotopic (exact) mass is 601 g/mol. The Hall–Kier alpha value is -5.16. The van der Waals surface area contributed by atoms with Gasteiger partial charge in [-0.1, -0.05) is 12.1 Å². The Kier molecular flexibility index (Phi) is 8.68. The normalized spacial score (nSPS) is 11.1. The molecule has 9 nitrogen and oxygen atoms in total. The van der Waals surface area contributed by atoms with Crippen molar-refractivity contribution in [2.75, 3.05) is 21.3 Å². The van der Waals surface area contributed by atoms with Gasteiger partial charge in [-0.15, -0.1) is 0 Å². The molecule has 5 rings (SSSR count). The van der Waals surface area contributed by atoms with Gasteiger partial charge < -0.3 is 23.9 Å². The molecule has 5 aromatic rings. The second-order valence-corrected chi connectivity index (χ2v) is 10.0. The highest BCUT2D eigenvalue weighted by molar-refractivity contribution is 5.99. The number of ether oxygens (including phenoxy) is 4. The molecule has 0 radical (unpaired) electrons. The fraction of sp³-hybridized carbons (Fsp3) is 0.212. The molecule has 11 heteroatoms. The van der Waals surface area contributed by atoms with Crippen LogP contribution in [0, 0.1) is 25.5 Å². The third kappa shape index (κ3) is 5.86. The fourth-order valence-electron chi connectivity index (χ4n) is 5.08. The summed E-state index contributed by atoms with van der Waals surface area (Å²) in [6.45, 7) is 3.37. The van der Waals surface area contributed by atoms with Crippen molar-refractivity contribution in [1.82, 2.24) is 15.0 Å². The van der Waals surface area contributed by atoms with E-state index in [1.165, 1.54) is 57.9 Å². The number of Topliss-reactive ketones (excluding diaryl/α,β-unsaturated/α-hetero) is 1. The maximum absolute atomic E-state index is 15.3. The van der Waals surface area contributed by atoms with Crippen LogP contribution in [0.4, 0.5) is 8.78 Å². The first-order chi connectivity index (χ1) is 21.1. The number of fused-ring (bicyclic) bond motifs is 1. The maximum atomic E-state index is 15.3. The highest BCUT2D eigenvalue weighted by atomic mass is 19.1. The predicted octanol–water partition coefficient (Wildman–Crippen LogP) is 6.26. The van der Waals surface area contributed by atoms with Crippen LogP contribution in [-0.4, -0.2) is 42.1 Å². The molecule has 0 unspecified atom stereocenters. The molecular formula is C33H29F2N3O6. The van der Waals surface area contributed by atoms with Crippen LogP contribution in [0.5, 0.6) is 23.1 Å². The van der Waals surface area contributed by atoms with E-state index in [-0.39, 0.29) is 41.5 Å². The highest BCUT2D eigenvalue weighted by Crippen LogP contribution is 2.35. The molecule has 0 aliphatic heterocycles. The van der Waals surface area contributed by atoms with Gasteiger partial charge >= 0.3 is 0 Å². The first kappa shape index (κ1) is 30.3. The largest absolute Gasteiger partial charge is 0.491 e. The number of aromatic nitrogens is 3. The summed E-state index contributed by atoms with van der Waals surface area (Å²) in [4.78, 5) is 39.1. The van der Waals surface area contributed by atoms with Crippen molar-refractivity contribution in [3.05, 3.63) is 105 Å². The number of nitrogens with one attached hydrogen (secondary N) is 1. The fourth-order valence-corrected chi connectivity index (χ4v) is 5.08. The molecule has 3 heterocycles. The molecule has 0 saturated heterocycles. The Bertz CT molecular complexity index is 1960. The summed E-state index contributed by atoms with van der Waals surface area (Å²) in [5, 5.41) is 0. The van der Waals surface area contributed by atoms with Crippen molar-refractivity contribution in [3.63, 3.8) is 0 Å². The Balaban J connectivity index is 1.46. The minimum atomic E-state index is -0.724. The number of hydrogen-bond donors (Lipinski definition) is 1. The lowest BCUT2D eigenvalue weighted by atomic mass is 9.93. The topological polar surface area (TPSA) is 113 Å². The van der Waals surface area contributed by atoms with Gasteiger partial charge in [-0.2, -0.15) is 0 Å². The SMILES string of the molecule is COCc1[nH]c(C)c(-c2ccc(F)cc2C)c(=O)c1C(=O)Cc1ccc(Oc2ccnc3cc(OC)c(OC)nc23)c(F)c1. The van der Waals surface area contributed by atoms with Crippen LogP contribution in [0.25, 0.3) is 22.2 Å². The summed E-state index contributed by atoms with van der Waals surface area (Å²) in [7, 11) is 4.37. The van der Waals surface area contributed by atoms with Crippen molar-refractivity contribution in [1.29, 1.82) is 0 Å². The molecule has 0 aliphatic carbocycles. The number of hydrogen-bond acceptors (Lipinski definition) is 8. The number of methoxy groups -OCH3 is 3. The van der Waals surface area contributed by atoms with Gasteiger partial charge in [-0.25, -0.2) is 13.8 Å². The molecule has 0 atom stereocenters. The quantitative estimate of drug-likeness (QED) is 0.187. The molecule has 1 N–H and O–H groups in total. The Morgan fingerprint density at radius 3 is 2.41 bits per heavy atom. The smallest absolute Gasteiger partial charge is 0.257 e. The van der Waals surface area contributed by atoms with Gasteiger partial charge in [0.15, 0.2) is 28.8 Å². The molecule has 44 heavy (non-hydrogen) atoms. The number of carbonyl (C=O) groups excluding carboxylic acids is 1. The number of rotatable bonds is 10. The van der Waals surface area contributed by atoms with Crippen molar-refractivity contribution < 1.29 is 32.5 Å². The van der Waals surface area contributed by atoms with E-state index >= 15 is 4.39 Å². The molecule has 0 bridgehead atoms. The molecule has 0 spiro atoms. The molecule has 0 fully saturated rings. The maximum Gasteiger partial charge on any atom is 0.257 e. The van der Waals surface area contributed by atoms with Crippen molar-refractivity contribution in [2.45, 2.75) is 26.9 Å². The summed E-state index contributed by atoms with van der Waals surface area (Å²) >= 11 is 0. The summed E-state index contributed by atoms with van der Waals surface area (Å²) in [6.07, 6.45) is 1.23. The molecule has 2 aromatic carbocycles. The average molecular weight is 602 g/mol. The van der Waals surface area contributed by atoms with Crippen LogP contribution < -0.4 is 19.6 Å². The zero-order valence-electron chi connectivity index (χ0n) is 24.7. The van der Waals surface area contributed by atoms with Crippen LogP contribution in [0.15, 0.2) is 59.5 Å². The number of pyridine rings is 3. The minimum absolute atomic E-state index is 0.0223. The van der Waals surface area contributed by atoms with E-state index in [0.29, 0.717) is 44.9 Å². The van der Waals surface area contributed by atoms with E-state index in [2.05, 4.69) is 15.0 Å². The number of aromatic amines is 1. The predicted molar refractivity (Wildman–Crippen MR) is 160 cm³/mol. The van der Waals surface area contributed by atoms with Crippen molar-refractivity contribution in [3.8, 4) is 34.3 Å². The van der Waals surface area contributed by atoms with Crippen LogP contribution >= 0.6 is 0 Å². The lowest BCUT2D eigenvalue weighted by molar-refractivity contribution is 0.0985. The molecule has 3 aromatic heterocycles. The second kappa shape index (κ2) is 12.6. The van der Waals surface area contributed by atoms with Gasteiger partial charge in [-0.3, -0.25) is 14.6 Å². The third-order valence-corrected chi connectivity index (χ3v) is 7.10. The van der Waals surface area contributed by atoms with Gasteiger partial charge in [0.25, 0.3) is 5.88 Å². The summed E-state index contributed by atoms with van der Waals surface area (Å²) < 4.78 is 50.7. The summed E-state index contributed by atoms with van der Waals surface area (Å²) in [5.74, 6) is -0.966. The molecule has 0 aliphatic rings. The highest BCUT2D eigenvalue weighted by Gasteiger charge is 2.23. The van der Waals surface area contributed by atoms with Gasteiger partial charge in [0.05, 0.1) is 37.6 Å². The standard InChI is InChI=1S/C33H29F2N3O6/c1-17-12-20(34)7-8-21(17)29-18(2)37-24(16-41-3)30(32(29)40)25(39)14-19-6-9-26(22(35)13-19)44-27-10-11-36-23-15-28(42-4)33(43-5)38-31(23)27/h6-13,15H,14,16H2,1-5H3,(H,37,40). The lowest BCUT2D eigenvalue weighted by Gasteiger charge is -2.15. The molecule has 0 saturated carbocycles. The third-order valence-electron chi connectivity index (χ3n) is 7.10. The van der Waals surface area contributed by atoms with Gasteiger partial charge in [-0.05, 0) is 54.8 Å². The minimum Gasteiger partial charge on any atom is -0.491 e. The number of carbonyl (C=O) groups is 1. The first-order valence-corrected chi connectivity index (χ1v) is 13.5. The van der Waals surface area contributed by atoms with Crippen LogP contribution in [0.2, 0.25) is 0 Å². The zero-order valence-corrected chi connectivity index (χ0v) is 24.7. The Morgan fingerprint density at radius 2 is 1.73 bits per heavy atom. The average Bonchev–Trinajstić information content (AvgIpc) is 2.99. The summed E-state index contributed by atoms with van der Waals surface area (Å²) in [6, 6.07) is 11.4. The number of aryl methyl sites for hydroxylation is 2. The van der Waals surface area contributed by atoms with Crippen LogP contribution in [-0.2, 0) is 17.8 Å². The van der Waals surface area contributed by atoms with Gasteiger partial charge in [0.2, 0.25) is 5.43 Å². The van der Waals surface area contributed by atoms with E-state index in [1.54, 1.807) is 32.0 Å². The van der Waals surface area contributed by atoms with E-state index in [1.807, 2.05) is 0 Å². The number of halogens is 2. The zero-order chi connectivity index (χ0) is 31.5. The van der Waals surface area contributed by atoms with Gasteiger partial charge in [0.1, 0.15) is 11.3 Å². The second-order valence-electron chi connectivity index (χ2n) is 10.0. The number of benzene rings is 2. The molecule has 0 amide bonds. The summed E-state index contributed by atoms with van der Waals surface area (Å²) in [5.41, 5.74) is 2.61. The number of nitrogens with zero attached hydrogens (tertiary/aromatic N) is 2. The van der Waals surface area contributed by atoms with E-state index in [0.717, 1.165) is 0 Å². The van der Waals surface area contributed by atoms with E-state index in [4.69, 9.17) is 18.9 Å². The number of H-pyrrole nitrogens is 1. The van der Waals surface area contributed by atoms with Crippen LogP contribution in [0.1, 0.15) is 32.9 Å². The number of ketones is 1. The Labute approximate surface area is 251 Å². The molecule has 226 valence electrons. The van der Waals surface area contributed by atoms with Crippen LogP contribution in [0.3, 0.4) is 0 Å². The lowest BCUT2D eigenvalue weighted by Crippen LogP contribution is -2.24. The van der Waals surface area contributed by atoms with Crippen molar-refractivity contribution in [2.24, 2.45) is 0 Å².